The summed E-state index contributed by atoms with van der Waals surface area (Å²) in [6, 6.07) is 0. The highest BCUT2D eigenvalue weighted by molar-refractivity contribution is 5.82. The minimum atomic E-state index is 0.260. The van der Waals surface area contributed by atoms with Crippen LogP contribution in [0.5, 0.6) is 0 Å². The van der Waals surface area contributed by atoms with Crippen LogP contribution in [0.25, 0.3) is 0 Å². The number of aromatic nitrogens is 2. The Morgan fingerprint density at radius 2 is 1.95 bits per heavy atom. The van der Waals surface area contributed by atoms with Gasteiger partial charge in [-0.25, -0.2) is 4.98 Å². The average molecular weight is 262 g/mol. The molecule has 2 rings (SSSR count). The third-order valence-electron chi connectivity index (χ3n) is 4.66. The van der Waals surface area contributed by atoms with Gasteiger partial charge in [0.05, 0.1) is 6.42 Å². The predicted octanol–water partition coefficient (Wildman–Crippen LogP) is 3.38. The van der Waals surface area contributed by atoms with E-state index in [0.29, 0.717) is 17.6 Å². The van der Waals surface area contributed by atoms with Crippen molar-refractivity contribution in [1.29, 1.82) is 0 Å². The van der Waals surface area contributed by atoms with Crippen LogP contribution in [0.1, 0.15) is 52.3 Å². The molecule has 0 saturated heterocycles. The summed E-state index contributed by atoms with van der Waals surface area (Å²) in [5, 5.41) is 0. The van der Waals surface area contributed by atoms with Crippen molar-refractivity contribution in [2.75, 3.05) is 0 Å². The van der Waals surface area contributed by atoms with Crippen molar-refractivity contribution in [2.45, 2.75) is 52.9 Å². The average Bonchev–Trinajstić information content (AvgIpc) is 2.74. The largest absolute Gasteiger partial charge is 0.338 e. The van der Waals surface area contributed by atoms with Gasteiger partial charge in [0.25, 0.3) is 0 Å². The van der Waals surface area contributed by atoms with Crippen LogP contribution in [0.2, 0.25) is 0 Å². The lowest BCUT2D eigenvalue weighted by Crippen LogP contribution is -2.29. The summed E-state index contributed by atoms with van der Waals surface area (Å²) in [7, 11) is 1.95. The summed E-state index contributed by atoms with van der Waals surface area (Å²) in [4.78, 5) is 16.6. The van der Waals surface area contributed by atoms with Gasteiger partial charge in [0.1, 0.15) is 11.6 Å². The van der Waals surface area contributed by atoms with Crippen molar-refractivity contribution in [2.24, 2.45) is 24.3 Å². The number of hydrogen-bond acceptors (Lipinski definition) is 2. The van der Waals surface area contributed by atoms with Crippen LogP contribution in [-0.2, 0) is 18.3 Å². The van der Waals surface area contributed by atoms with Crippen LogP contribution in [0.15, 0.2) is 12.4 Å². The first-order valence-electron chi connectivity index (χ1n) is 7.37. The highest BCUT2D eigenvalue weighted by Gasteiger charge is 2.32. The first-order chi connectivity index (χ1) is 8.88. The number of nitrogens with zero attached hydrogens (tertiary/aromatic N) is 2. The quantitative estimate of drug-likeness (QED) is 0.837. The SMILES string of the molecule is Cn1ccnc1CC(=O)C1CCC(C(C)(C)C)CC1. The van der Waals surface area contributed by atoms with Crippen molar-refractivity contribution in [3.8, 4) is 0 Å². The van der Waals surface area contributed by atoms with Crippen molar-refractivity contribution in [3.63, 3.8) is 0 Å². The Morgan fingerprint density at radius 1 is 1.32 bits per heavy atom. The molecule has 3 heteroatoms. The summed E-state index contributed by atoms with van der Waals surface area (Å²) in [5.41, 5.74) is 0.383. The fourth-order valence-electron chi connectivity index (χ4n) is 3.15. The van der Waals surface area contributed by atoms with Gasteiger partial charge in [-0.3, -0.25) is 4.79 Å². The summed E-state index contributed by atoms with van der Waals surface area (Å²) in [5.74, 6) is 2.30. The van der Waals surface area contributed by atoms with E-state index in [1.165, 1.54) is 12.8 Å². The first kappa shape index (κ1) is 14.3. The second-order valence-electron chi connectivity index (χ2n) is 7.01. The predicted molar refractivity (Wildman–Crippen MR) is 76.8 cm³/mol. The van der Waals surface area contributed by atoms with Gasteiger partial charge in [0.15, 0.2) is 0 Å². The molecule has 1 aromatic rings. The maximum atomic E-state index is 12.3. The second kappa shape index (κ2) is 5.48. The van der Waals surface area contributed by atoms with Crippen molar-refractivity contribution < 1.29 is 4.79 Å². The van der Waals surface area contributed by atoms with Gasteiger partial charge in [0, 0.05) is 25.4 Å². The summed E-state index contributed by atoms with van der Waals surface area (Å²) < 4.78 is 1.94. The van der Waals surface area contributed by atoms with E-state index in [0.717, 1.165) is 24.6 Å². The first-order valence-corrected chi connectivity index (χ1v) is 7.37. The number of ketones is 1. The van der Waals surface area contributed by atoms with E-state index in [1.807, 2.05) is 17.8 Å². The lowest BCUT2D eigenvalue weighted by Gasteiger charge is -2.36. The molecule has 1 aliphatic carbocycles. The van der Waals surface area contributed by atoms with Gasteiger partial charge in [-0.1, -0.05) is 20.8 Å². The molecule has 0 aliphatic heterocycles. The van der Waals surface area contributed by atoms with Crippen LogP contribution in [-0.4, -0.2) is 15.3 Å². The molecule has 0 amide bonds. The maximum absolute atomic E-state index is 12.3. The maximum Gasteiger partial charge on any atom is 0.143 e. The molecule has 0 aromatic carbocycles. The molecule has 1 aliphatic rings. The summed E-state index contributed by atoms with van der Waals surface area (Å²) in [6.45, 7) is 6.94. The molecular formula is C16H26N2O. The van der Waals surface area contributed by atoms with Gasteiger partial charge in [-0.15, -0.1) is 0 Å². The lowest BCUT2D eigenvalue weighted by molar-refractivity contribution is -0.123. The molecule has 0 unspecified atom stereocenters. The van der Waals surface area contributed by atoms with Crippen LogP contribution in [0.3, 0.4) is 0 Å². The number of aryl methyl sites for hydroxylation is 1. The molecular weight excluding hydrogens is 236 g/mol. The minimum Gasteiger partial charge on any atom is -0.338 e. The molecule has 1 saturated carbocycles. The molecule has 0 N–H and O–H groups in total. The van der Waals surface area contributed by atoms with Gasteiger partial charge >= 0.3 is 0 Å². The van der Waals surface area contributed by atoms with Gasteiger partial charge in [-0.05, 0) is 37.0 Å². The van der Waals surface area contributed by atoms with E-state index in [-0.39, 0.29) is 5.92 Å². The molecule has 0 bridgehead atoms. The van der Waals surface area contributed by atoms with Crippen LogP contribution >= 0.6 is 0 Å². The highest BCUT2D eigenvalue weighted by atomic mass is 16.1. The van der Waals surface area contributed by atoms with Gasteiger partial charge < -0.3 is 4.57 Å². The topological polar surface area (TPSA) is 34.9 Å². The molecule has 0 atom stereocenters. The molecule has 3 nitrogen and oxygen atoms in total. The second-order valence-corrected chi connectivity index (χ2v) is 7.01. The molecule has 19 heavy (non-hydrogen) atoms. The van der Waals surface area contributed by atoms with Gasteiger partial charge in [0.2, 0.25) is 0 Å². The fraction of sp³-hybridized carbons (Fsp3) is 0.750. The Balaban J connectivity index is 1.88. The van der Waals surface area contributed by atoms with Crippen LogP contribution in [0, 0.1) is 17.3 Å². The number of rotatable bonds is 3. The minimum absolute atomic E-state index is 0.260. The van der Waals surface area contributed by atoms with Crippen LogP contribution in [0.4, 0.5) is 0 Å². The normalized spacial score (nSPS) is 24.4. The Kier molecular flexibility index (Phi) is 4.12. The molecule has 1 fully saturated rings. The number of Topliss-reactive ketones (excluding diaryl/α,β-unsaturated/α-hetero) is 1. The van der Waals surface area contributed by atoms with E-state index in [1.54, 1.807) is 6.20 Å². The third-order valence-corrected chi connectivity index (χ3v) is 4.66. The Hall–Kier alpha value is -1.12. The van der Waals surface area contributed by atoms with E-state index in [2.05, 4.69) is 25.8 Å². The number of carbonyl (C=O) groups is 1. The zero-order chi connectivity index (χ0) is 14.0. The molecule has 1 aromatic heterocycles. The van der Waals surface area contributed by atoms with Gasteiger partial charge in [-0.2, -0.15) is 0 Å². The number of hydrogen-bond donors (Lipinski definition) is 0. The molecule has 0 spiro atoms. The van der Waals surface area contributed by atoms with Crippen molar-refractivity contribution in [1.82, 2.24) is 9.55 Å². The zero-order valence-corrected chi connectivity index (χ0v) is 12.6. The van der Waals surface area contributed by atoms with Crippen molar-refractivity contribution in [3.05, 3.63) is 18.2 Å². The fourth-order valence-corrected chi connectivity index (χ4v) is 3.15. The Labute approximate surface area is 116 Å². The molecule has 0 radical (unpaired) electrons. The number of imidazole rings is 1. The lowest BCUT2D eigenvalue weighted by atomic mass is 9.69. The summed E-state index contributed by atoms with van der Waals surface area (Å²) in [6.07, 6.45) is 8.67. The Bertz CT molecular complexity index is 434. The summed E-state index contributed by atoms with van der Waals surface area (Å²) >= 11 is 0. The highest BCUT2D eigenvalue weighted by Crippen LogP contribution is 2.40. The Morgan fingerprint density at radius 3 is 2.42 bits per heavy atom. The third kappa shape index (κ3) is 3.46. The monoisotopic (exact) mass is 262 g/mol. The number of carbonyl (C=O) groups excluding carboxylic acids is 1. The smallest absolute Gasteiger partial charge is 0.143 e. The van der Waals surface area contributed by atoms with Crippen LogP contribution < -0.4 is 0 Å². The molecule has 1 heterocycles. The zero-order valence-electron chi connectivity index (χ0n) is 12.6. The standard InChI is InChI=1S/C16H26N2O/c1-16(2,3)13-7-5-12(6-8-13)14(19)11-15-17-9-10-18(15)4/h9-10,12-13H,5-8,11H2,1-4H3. The van der Waals surface area contributed by atoms with E-state index < -0.39 is 0 Å². The van der Waals surface area contributed by atoms with E-state index in [4.69, 9.17) is 0 Å². The van der Waals surface area contributed by atoms with E-state index in [9.17, 15) is 4.79 Å². The van der Waals surface area contributed by atoms with Crippen molar-refractivity contribution >= 4 is 5.78 Å². The molecule has 106 valence electrons. The van der Waals surface area contributed by atoms with E-state index >= 15 is 0 Å².